The Morgan fingerprint density at radius 3 is 2.48 bits per heavy atom. The SMILES string of the molecule is COc1ccc(Br)c(CNCCN(C)C)c1OCc1ccc(F)cc1. The van der Waals surface area contributed by atoms with Crippen LogP contribution in [0, 0.1) is 5.82 Å². The lowest BCUT2D eigenvalue weighted by atomic mass is 10.1. The fourth-order valence-corrected chi connectivity index (χ4v) is 2.77. The largest absolute Gasteiger partial charge is 0.493 e. The van der Waals surface area contributed by atoms with Gasteiger partial charge in [0.2, 0.25) is 0 Å². The number of halogens is 2. The summed E-state index contributed by atoms with van der Waals surface area (Å²) in [5, 5.41) is 3.41. The van der Waals surface area contributed by atoms with Crippen molar-refractivity contribution >= 4 is 15.9 Å². The van der Waals surface area contributed by atoms with Gasteiger partial charge < -0.3 is 19.7 Å². The molecule has 6 heteroatoms. The smallest absolute Gasteiger partial charge is 0.167 e. The predicted octanol–water partition coefficient (Wildman–Crippen LogP) is 3.83. The predicted molar refractivity (Wildman–Crippen MR) is 102 cm³/mol. The van der Waals surface area contributed by atoms with E-state index in [4.69, 9.17) is 9.47 Å². The summed E-state index contributed by atoms with van der Waals surface area (Å²) in [5.41, 5.74) is 1.90. The molecule has 0 aromatic heterocycles. The number of hydrogen-bond acceptors (Lipinski definition) is 4. The molecule has 2 aromatic rings. The molecule has 0 radical (unpaired) electrons. The molecule has 0 amide bonds. The number of rotatable bonds is 9. The number of likely N-dealkylation sites (N-methyl/N-ethyl adjacent to an activating group) is 1. The van der Waals surface area contributed by atoms with E-state index in [9.17, 15) is 4.39 Å². The Morgan fingerprint density at radius 2 is 1.84 bits per heavy atom. The minimum absolute atomic E-state index is 0.255. The second-order valence-corrected chi connectivity index (χ2v) is 6.81. The molecule has 0 bridgehead atoms. The quantitative estimate of drug-likeness (QED) is 0.636. The van der Waals surface area contributed by atoms with Crippen molar-refractivity contribution in [1.82, 2.24) is 10.2 Å². The highest BCUT2D eigenvalue weighted by Gasteiger charge is 2.14. The lowest BCUT2D eigenvalue weighted by molar-refractivity contribution is 0.280. The molecule has 2 aromatic carbocycles. The van der Waals surface area contributed by atoms with Crippen molar-refractivity contribution in [1.29, 1.82) is 0 Å². The van der Waals surface area contributed by atoms with E-state index < -0.39 is 0 Å². The first-order valence-corrected chi connectivity index (χ1v) is 8.88. The lowest BCUT2D eigenvalue weighted by Gasteiger charge is -2.18. The van der Waals surface area contributed by atoms with E-state index in [0.717, 1.165) is 28.7 Å². The molecular weight excluding hydrogens is 387 g/mol. The first-order valence-electron chi connectivity index (χ1n) is 8.09. The maximum atomic E-state index is 13.0. The molecule has 2 rings (SSSR count). The third-order valence-corrected chi connectivity index (χ3v) is 4.46. The zero-order chi connectivity index (χ0) is 18.2. The molecule has 0 aliphatic heterocycles. The number of benzene rings is 2. The van der Waals surface area contributed by atoms with Gasteiger partial charge in [0.25, 0.3) is 0 Å². The van der Waals surface area contributed by atoms with E-state index in [1.54, 1.807) is 19.2 Å². The maximum Gasteiger partial charge on any atom is 0.167 e. The molecule has 0 saturated heterocycles. The van der Waals surface area contributed by atoms with Gasteiger partial charge in [-0.3, -0.25) is 0 Å². The summed E-state index contributed by atoms with van der Waals surface area (Å²) >= 11 is 3.59. The summed E-state index contributed by atoms with van der Waals surface area (Å²) in [5.74, 6) is 1.11. The average molecular weight is 411 g/mol. The van der Waals surface area contributed by atoms with Gasteiger partial charge in [0.05, 0.1) is 7.11 Å². The van der Waals surface area contributed by atoms with E-state index in [1.807, 2.05) is 26.2 Å². The highest BCUT2D eigenvalue weighted by Crippen LogP contribution is 2.36. The van der Waals surface area contributed by atoms with Crippen LogP contribution in [0.25, 0.3) is 0 Å². The monoisotopic (exact) mass is 410 g/mol. The van der Waals surface area contributed by atoms with E-state index in [-0.39, 0.29) is 5.82 Å². The minimum Gasteiger partial charge on any atom is -0.493 e. The average Bonchev–Trinajstić information content (AvgIpc) is 2.59. The van der Waals surface area contributed by atoms with Crippen LogP contribution in [0.4, 0.5) is 4.39 Å². The van der Waals surface area contributed by atoms with E-state index >= 15 is 0 Å². The van der Waals surface area contributed by atoms with Gasteiger partial charge in [-0.1, -0.05) is 28.1 Å². The van der Waals surface area contributed by atoms with Crippen LogP contribution in [0.1, 0.15) is 11.1 Å². The summed E-state index contributed by atoms with van der Waals surface area (Å²) < 4.78 is 25.5. The number of nitrogens with zero attached hydrogens (tertiary/aromatic N) is 1. The van der Waals surface area contributed by atoms with Gasteiger partial charge in [0.1, 0.15) is 12.4 Å². The second-order valence-electron chi connectivity index (χ2n) is 5.95. The third-order valence-electron chi connectivity index (χ3n) is 3.72. The van der Waals surface area contributed by atoms with Crippen LogP contribution in [0.5, 0.6) is 11.5 Å². The molecule has 0 spiro atoms. The maximum absolute atomic E-state index is 13.0. The Morgan fingerprint density at radius 1 is 1.12 bits per heavy atom. The lowest BCUT2D eigenvalue weighted by Crippen LogP contribution is -2.26. The van der Waals surface area contributed by atoms with Gasteiger partial charge in [-0.2, -0.15) is 0 Å². The molecule has 0 aliphatic carbocycles. The highest BCUT2D eigenvalue weighted by atomic mass is 79.9. The van der Waals surface area contributed by atoms with Crippen molar-refractivity contribution in [2.24, 2.45) is 0 Å². The normalized spacial score (nSPS) is 11.0. The van der Waals surface area contributed by atoms with Crippen LogP contribution >= 0.6 is 15.9 Å². The summed E-state index contributed by atoms with van der Waals surface area (Å²) in [6.45, 7) is 2.82. The van der Waals surface area contributed by atoms with Gasteiger partial charge >= 0.3 is 0 Å². The van der Waals surface area contributed by atoms with Crippen LogP contribution < -0.4 is 14.8 Å². The fraction of sp³-hybridized carbons (Fsp3) is 0.368. The Kier molecular flexibility index (Phi) is 7.68. The molecule has 0 saturated carbocycles. The van der Waals surface area contributed by atoms with Gasteiger partial charge in [-0.25, -0.2) is 4.39 Å². The van der Waals surface area contributed by atoms with Crippen molar-refractivity contribution in [2.75, 3.05) is 34.3 Å². The number of ether oxygens (including phenoxy) is 2. The Hall–Kier alpha value is -1.63. The molecule has 0 aliphatic rings. The number of methoxy groups -OCH3 is 1. The third kappa shape index (κ3) is 5.99. The number of hydrogen-bond donors (Lipinski definition) is 1. The van der Waals surface area contributed by atoms with Crippen LogP contribution in [0.3, 0.4) is 0 Å². The van der Waals surface area contributed by atoms with Crippen LogP contribution in [-0.4, -0.2) is 39.2 Å². The van der Waals surface area contributed by atoms with Gasteiger partial charge in [0.15, 0.2) is 11.5 Å². The topological polar surface area (TPSA) is 33.7 Å². The van der Waals surface area contributed by atoms with E-state index in [2.05, 4.69) is 26.1 Å². The number of nitrogens with one attached hydrogen (secondary N) is 1. The van der Waals surface area contributed by atoms with Crippen LogP contribution in [0.15, 0.2) is 40.9 Å². The molecule has 0 unspecified atom stereocenters. The first kappa shape index (κ1) is 19.7. The zero-order valence-corrected chi connectivity index (χ0v) is 16.4. The van der Waals surface area contributed by atoms with Crippen LogP contribution in [-0.2, 0) is 13.2 Å². The van der Waals surface area contributed by atoms with Gasteiger partial charge in [0, 0.05) is 29.7 Å². The molecule has 0 atom stereocenters. The summed E-state index contributed by atoms with van der Waals surface area (Å²) in [6, 6.07) is 10.1. The Balaban J connectivity index is 2.12. The highest BCUT2D eigenvalue weighted by molar-refractivity contribution is 9.10. The Bertz CT molecular complexity index is 678. The second kappa shape index (κ2) is 9.75. The standard InChI is InChI=1S/C19H24BrFN2O2/c1-23(2)11-10-22-12-16-17(20)8-9-18(24-3)19(16)25-13-14-4-6-15(21)7-5-14/h4-9,22H,10-13H2,1-3H3. The summed E-state index contributed by atoms with van der Waals surface area (Å²) in [7, 11) is 5.71. The summed E-state index contributed by atoms with van der Waals surface area (Å²) in [4.78, 5) is 2.12. The van der Waals surface area contributed by atoms with Crippen LogP contribution in [0.2, 0.25) is 0 Å². The van der Waals surface area contributed by atoms with Crippen molar-refractivity contribution in [2.45, 2.75) is 13.2 Å². The minimum atomic E-state index is -0.255. The van der Waals surface area contributed by atoms with Crippen molar-refractivity contribution in [3.8, 4) is 11.5 Å². The Labute approximate surface area is 157 Å². The molecule has 4 nitrogen and oxygen atoms in total. The van der Waals surface area contributed by atoms with Crippen molar-refractivity contribution in [3.63, 3.8) is 0 Å². The van der Waals surface area contributed by atoms with Crippen molar-refractivity contribution in [3.05, 3.63) is 57.8 Å². The molecule has 0 heterocycles. The molecule has 25 heavy (non-hydrogen) atoms. The van der Waals surface area contributed by atoms with Crippen molar-refractivity contribution < 1.29 is 13.9 Å². The van der Waals surface area contributed by atoms with Gasteiger partial charge in [-0.15, -0.1) is 0 Å². The molecule has 0 fully saturated rings. The van der Waals surface area contributed by atoms with E-state index in [1.165, 1.54) is 12.1 Å². The van der Waals surface area contributed by atoms with E-state index in [0.29, 0.717) is 24.7 Å². The summed E-state index contributed by atoms with van der Waals surface area (Å²) in [6.07, 6.45) is 0. The molecule has 1 N–H and O–H groups in total. The first-order chi connectivity index (χ1) is 12.0. The fourth-order valence-electron chi connectivity index (χ4n) is 2.32. The molecule has 136 valence electrons. The van der Waals surface area contributed by atoms with Gasteiger partial charge in [-0.05, 0) is 43.9 Å². The molecular formula is C19H24BrFN2O2. The zero-order valence-electron chi connectivity index (χ0n) is 14.8.